The number of pyridine rings is 1. The van der Waals surface area contributed by atoms with Crippen LogP contribution in [0.2, 0.25) is 0 Å². The number of carbonyl (C=O) groups is 1. The van der Waals surface area contributed by atoms with Crippen molar-refractivity contribution in [1.29, 1.82) is 0 Å². The number of amides is 1. The van der Waals surface area contributed by atoms with Gasteiger partial charge in [0.1, 0.15) is 5.82 Å². The van der Waals surface area contributed by atoms with Crippen molar-refractivity contribution in [3.05, 3.63) is 77.6 Å². The normalized spacial score (nSPS) is 18.6. The molecule has 0 spiro atoms. The van der Waals surface area contributed by atoms with Crippen molar-refractivity contribution >= 4 is 11.9 Å². The van der Waals surface area contributed by atoms with Crippen LogP contribution in [0.4, 0.5) is 17.6 Å². The topological polar surface area (TPSA) is 97.4 Å². The predicted octanol–water partition coefficient (Wildman–Crippen LogP) is 2.78. The molecule has 1 atom stereocenters. The Balaban J connectivity index is 1.98. The van der Waals surface area contributed by atoms with Crippen LogP contribution in [-0.2, 0) is 10.3 Å². The summed E-state index contributed by atoms with van der Waals surface area (Å²) in [6, 6.07) is 5.81. The lowest BCUT2D eigenvalue weighted by Gasteiger charge is -2.26. The fourth-order valence-electron chi connectivity index (χ4n) is 3.35. The lowest BCUT2D eigenvalue weighted by molar-refractivity contribution is -0.129. The Morgan fingerprint density at radius 1 is 1.03 bits per heavy atom. The molecule has 11 heteroatoms. The monoisotopic (exact) mass is 430 g/mol. The summed E-state index contributed by atoms with van der Waals surface area (Å²) in [5.74, 6) is -1.84. The van der Waals surface area contributed by atoms with Crippen LogP contribution in [0, 0.1) is 11.9 Å². The van der Waals surface area contributed by atoms with Gasteiger partial charge in [0.25, 0.3) is 12.3 Å². The summed E-state index contributed by atoms with van der Waals surface area (Å²) >= 11 is 0. The Labute approximate surface area is 173 Å². The molecule has 3 heterocycles. The van der Waals surface area contributed by atoms with Gasteiger partial charge in [-0.2, -0.15) is 4.39 Å². The van der Waals surface area contributed by atoms with Crippen molar-refractivity contribution in [2.45, 2.75) is 12.0 Å². The largest absolute Gasteiger partial charge is 0.369 e. The van der Waals surface area contributed by atoms with Crippen LogP contribution in [0.3, 0.4) is 0 Å². The minimum atomic E-state index is -2.85. The van der Waals surface area contributed by atoms with E-state index in [1.807, 2.05) is 0 Å². The number of carbonyl (C=O) groups excluding carboxylic acids is 1. The molecule has 0 saturated heterocycles. The summed E-state index contributed by atoms with van der Waals surface area (Å²) in [5, 5.41) is 0. The van der Waals surface area contributed by atoms with E-state index in [-0.39, 0.29) is 17.2 Å². The van der Waals surface area contributed by atoms with E-state index in [0.717, 1.165) is 29.3 Å². The van der Waals surface area contributed by atoms with Crippen molar-refractivity contribution in [1.82, 2.24) is 19.9 Å². The zero-order valence-electron chi connectivity index (χ0n) is 15.9. The molecule has 3 aromatic rings. The minimum absolute atomic E-state index is 0.214. The molecule has 2 N–H and O–H groups in total. The summed E-state index contributed by atoms with van der Waals surface area (Å²) < 4.78 is 54.8. The molecule has 1 amide bonds. The number of nitrogens with two attached hydrogens (primary N) is 1. The van der Waals surface area contributed by atoms with Gasteiger partial charge in [0, 0.05) is 42.3 Å². The van der Waals surface area contributed by atoms with Crippen molar-refractivity contribution in [3.63, 3.8) is 0 Å². The highest BCUT2D eigenvalue weighted by molar-refractivity contribution is 6.08. The highest BCUT2D eigenvalue weighted by atomic mass is 19.3. The standard InChI is InChI=1S/C20H14F4N6O/c1-30-17(31)20(29-19(30)25,15-7-11(16(22)23)4-5-26-15)13-6-10(2-3-14(13)21)12-8-27-18(24)28-9-12/h2-9,16H,1H3,(H2,25,29). The van der Waals surface area contributed by atoms with Gasteiger partial charge in [-0.25, -0.2) is 28.1 Å². The molecule has 7 nitrogen and oxygen atoms in total. The maximum Gasteiger partial charge on any atom is 0.308 e. The lowest BCUT2D eigenvalue weighted by Crippen LogP contribution is -2.42. The average molecular weight is 430 g/mol. The SMILES string of the molecule is CN1C(=O)C(c2cc(C(F)F)ccn2)(c2cc(-c3cnc(F)nc3)ccc2F)N=C1N. The molecule has 1 aliphatic rings. The minimum Gasteiger partial charge on any atom is -0.369 e. The first-order valence-corrected chi connectivity index (χ1v) is 8.90. The number of hydrogen-bond donors (Lipinski definition) is 1. The van der Waals surface area contributed by atoms with E-state index >= 15 is 4.39 Å². The maximum absolute atomic E-state index is 15.1. The number of aliphatic imine (C=N–C) groups is 1. The summed E-state index contributed by atoms with van der Waals surface area (Å²) in [4.78, 5) is 29.3. The van der Waals surface area contributed by atoms with E-state index in [1.54, 1.807) is 0 Å². The molecule has 31 heavy (non-hydrogen) atoms. The summed E-state index contributed by atoms with van der Waals surface area (Å²) in [5.41, 5.74) is 3.50. The second kappa shape index (κ2) is 7.42. The number of likely N-dealkylation sites (N-methyl/N-ethyl adjacent to an activating group) is 1. The number of halogens is 4. The van der Waals surface area contributed by atoms with Crippen molar-refractivity contribution in [3.8, 4) is 11.1 Å². The van der Waals surface area contributed by atoms with Gasteiger partial charge in [0.15, 0.2) is 5.96 Å². The van der Waals surface area contributed by atoms with Crippen LogP contribution in [0.5, 0.6) is 0 Å². The van der Waals surface area contributed by atoms with Crippen molar-refractivity contribution < 1.29 is 22.4 Å². The Morgan fingerprint density at radius 3 is 2.35 bits per heavy atom. The lowest BCUT2D eigenvalue weighted by atomic mass is 9.84. The third kappa shape index (κ3) is 3.27. The summed E-state index contributed by atoms with van der Waals surface area (Å²) in [7, 11) is 1.33. The average Bonchev–Trinajstić information content (AvgIpc) is 2.99. The number of hydrogen-bond acceptors (Lipinski definition) is 6. The van der Waals surface area contributed by atoms with Gasteiger partial charge in [-0.15, -0.1) is 0 Å². The van der Waals surface area contributed by atoms with Crippen molar-refractivity contribution in [2.24, 2.45) is 10.7 Å². The Bertz CT molecular complexity index is 1200. The third-order valence-corrected chi connectivity index (χ3v) is 4.96. The van der Waals surface area contributed by atoms with E-state index in [1.165, 1.54) is 31.6 Å². The first kappa shape index (κ1) is 20.4. The molecule has 0 radical (unpaired) electrons. The number of guanidine groups is 1. The highest BCUT2D eigenvalue weighted by Crippen LogP contribution is 2.41. The molecular weight excluding hydrogens is 416 g/mol. The zero-order chi connectivity index (χ0) is 22.3. The molecule has 0 saturated carbocycles. The van der Waals surface area contributed by atoms with Crippen LogP contribution < -0.4 is 5.73 Å². The van der Waals surface area contributed by atoms with E-state index in [2.05, 4.69) is 19.9 Å². The number of rotatable bonds is 4. The second-order valence-electron chi connectivity index (χ2n) is 6.76. The Morgan fingerprint density at radius 2 is 1.74 bits per heavy atom. The van der Waals surface area contributed by atoms with Gasteiger partial charge in [-0.1, -0.05) is 6.07 Å². The summed E-state index contributed by atoms with van der Waals surface area (Å²) in [6.07, 6.45) is -0.336. The first-order chi connectivity index (χ1) is 14.7. The smallest absolute Gasteiger partial charge is 0.308 e. The van der Waals surface area contributed by atoms with Gasteiger partial charge >= 0.3 is 6.08 Å². The number of benzene rings is 1. The van der Waals surface area contributed by atoms with Crippen LogP contribution >= 0.6 is 0 Å². The van der Waals surface area contributed by atoms with Gasteiger partial charge in [0.2, 0.25) is 5.54 Å². The molecule has 158 valence electrons. The van der Waals surface area contributed by atoms with Crippen LogP contribution in [0.25, 0.3) is 11.1 Å². The summed E-state index contributed by atoms with van der Waals surface area (Å²) in [6.45, 7) is 0. The van der Waals surface area contributed by atoms with Crippen LogP contribution in [-0.4, -0.2) is 38.8 Å². The third-order valence-electron chi connectivity index (χ3n) is 4.96. The van der Waals surface area contributed by atoms with Gasteiger partial charge < -0.3 is 5.73 Å². The number of alkyl halides is 2. The molecule has 1 unspecified atom stereocenters. The van der Waals surface area contributed by atoms with E-state index in [0.29, 0.717) is 11.1 Å². The molecule has 0 aliphatic carbocycles. The molecule has 4 rings (SSSR count). The molecule has 0 fully saturated rings. The van der Waals surface area contributed by atoms with E-state index in [4.69, 9.17) is 5.73 Å². The molecule has 2 aromatic heterocycles. The van der Waals surface area contributed by atoms with Gasteiger partial charge in [-0.05, 0) is 29.8 Å². The quantitative estimate of drug-likeness (QED) is 0.507. The predicted molar refractivity (Wildman–Crippen MR) is 102 cm³/mol. The fraction of sp³-hybridized carbons (Fsp3) is 0.150. The van der Waals surface area contributed by atoms with E-state index in [9.17, 15) is 18.0 Å². The Hall–Kier alpha value is -3.89. The molecule has 0 bridgehead atoms. The zero-order valence-corrected chi connectivity index (χ0v) is 15.9. The van der Waals surface area contributed by atoms with Crippen LogP contribution in [0.1, 0.15) is 23.2 Å². The number of nitrogens with zero attached hydrogens (tertiary/aromatic N) is 5. The van der Waals surface area contributed by atoms with Crippen molar-refractivity contribution in [2.75, 3.05) is 7.05 Å². The van der Waals surface area contributed by atoms with Crippen LogP contribution in [0.15, 0.2) is 53.9 Å². The fourth-order valence-corrected chi connectivity index (χ4v) is 3.35. The number of aromatic nitrogens is 3. The second-order valence-corrected chi connectivity index (χ2v) is 6.76. The molecular formula is C20H14F4N6O. The first-order valence-electron chi connectivity index (χ1n) is 8.90. The molecule has 1 aromatic carbocycles. The van der Waals surface area contributed by atoms with E-state index < -0.39 is 35.3 Å². The molecule has 1 aliphatic heterocycles. The maximum atomic E-state index is 15.1. The Kier molecular flexibility index (Phi) is 4.88. The highest BCUT2D eigenvalue weighted by Gasteiger charge is 2.52. The van der Waals surface area contributed by atoms with Gasteiger partial charge in [-0.3, -0.25) is 14.7 Å². The van der Waals surface area contributed by atoms with Gasteiger partial charge in [0.05, 0.1) is 5.69 Å².